The molecule has 0 spiro atoms. The highest BCUT2D eigenvalue weighted by molar-refractivity contribution is 7.09. The van der Waals surface area contributed by atoms with Crippen LogP contribution in [0.5, 0.6) is 0 Å². The molecule has 2 heterocycles. The molecule has 19 heavy (non-hydrogen) atoms. The van der Waals surface area contributed by atoms with Crippen molar-refractivity contribution in [1.29, 1.82) is 0 Å². The maximum absolute atomic E-state index is 5.85. The van der Waals surface area contributed by atoms with E-state index in [9.17, 15) is 0 Å². The highest BCUT2D eigenvalue weighted by atomic mass is 35.5. The van der Waals surface area contributed by atoms with E-state index in [-0.39, 0.29) is 12.4 Å². The monoisotopic (exact) mass is 303 g/mol. The summed E-state index contributed by atoms with van der Waals surface area (Å²) >= 11 is 1.81. The Bertz CT molecular complexity index is 369. The molecule has 1 aliphatic heterocycles. The molecule has 1 fully saturated rings. The smallest absolute Gasteiger partial charge is 0.0928 e. The predicted octanol–water partition coefficient (Wildman–Crippen LogP) is 2.93. The number of halogens is 1. The number of nitrogens with two attached hydrogens (primary N) is 1. The van der Waals surface area contributed by atoms with Gasteiger partial charge in [0.2, 0.25) is 0 Å². The van der Waals surface area contributed by atoms with Gasteiger partial charge in [0.25, 0.3) is 0 Å². The number of hydrogen-bond acceptors (Lipinski definition) is 4. The van der Waals surface area contributed by atoms with Crippen molar-refractivity contribution < 1.29 is 0 Å². The van der Waals surface area contributed by atoms with Gasteiger partial charge in [-0.25, -0.2) is 4.98 Å². The summed E-state index contributed by atoms with van der Waals surface area (Å²) in [5, 5.41) is 3.51. The third-order valence-electron chi connectivity index (χ3n) is 3.95. The maximum atomic E-state index is 5.85. The Morgan fingerprint density at radius 3 is 3.00 bits per heavy atom. The van der Waals surface area contributed by atoms with Crippen LogP contribution in [0.1, 0.15) is 37.4 Å². The summed E-state index contributed by atoms with van der Waals surface area (Å²) < 4.78 is 0. The largest absolute Gasteiger partial charge is 0.330 e. The summed E-state index contributed by atoms with van der Waals surface area (Å²) in [5.74, 6) is 1.44. The molecule has 1 saturated heterocycles. The van der Waals surface area contributed by atoms with E-state index >= 15 is 0 Å². The van der Waals surface area contributed by atoms with E-state index in [2.05, 4.69) is 24.1 Å². The molecule has 0 bridgehead atoms. The summed E-state index contributed by atoms with van der Waals surface area (Å²) in [6, 6.07) is 0. The second kappa shape index (κ2) is 8.20. The van der Waals surface area contributed by atoms with E-state index in [0.29, 0.717) is 5.92 Å². The van der Waals surface area contributed by atoms with E-state index < -0.39 is 0 Å². The van der Waals surface area contributed by atoms with Gasteiger partial charge in [-0.2, -0.15) is 0 Å². The molecule has 0 radical (unpaired) electrons. The quantitative estimate of drug-likeness (QED) is 0.909. The molecule has 0 saturated carbocycles. The number of hydrogen-bond donors (Lipinski definition) is 1. The Hall–Kier alpha value is -0.160. The highest BCUT2D eigenvalue weighted by Crippen LogP contribution is 2.24. The van der Waals surface area contributed by atoms with Crippen molar-refractivity contribution in [2.24, 2.45) is 17.6 Å². The molecular weight excluding hydrogens is 278 g/mol. The average Bonchev–Trinajstić information content (AvgIpc) is 2.80. The Morgan fingerprint density at radius 1 is 1.53 bits per heavy atom. The van der Waals surface area contributed by atoms with Crippen molar-refractivity contribution in [2.75, 3.05) is 19.6 Å². The lowest BCUT2D eigenvalue weighted by Gasteiger charge is -2.36. The first kappa shape index (κ1) is 16.9. The van der Waals surface area contributed by atoms with Crippen molar-refractivity contribution in [1.82, 2.24) is 9.88 Å². The summed E-state index contributed by atoms with van der Waals surface area (Å²) in [6.07, 6.45) is 3.57. The first-order chi connectivity index (χ1) is 8.72. The number of aryl methyl sites for hydroxylation is 1. The van der Waals surface area contributed by atoms with Gasteiger partial charge in [0, 0.05) is 18.5 Å². The molecular formula is C14H26ClN3S. The van der Waals surface area contributed by atoms with Crippen molar-refractivity contribution in [3.05, 3.63) is 16.1 Å². The van der Waals surface area contributed by atoms with E-state index in [0.717, 1.165) is 32.0 Å². The second-order valence-corrected chi connectivity index (χ2v) is 6.42. The molecule has 5 heteroatoms. The Labute approximate surface area is 127 Å². The van der Waals surface area contributed by atoms with Crippen LogP contribution in [0.3, 0.4) is 0 Å². The number of nitrogens with zero attached hydrogens (tertiary/aromatic N) is 2. The zero-order valence-electron chi connectivity index (χ0n) is 12.0. The number of thiazole rings is 1. The van der Waals surface area contributed by atoms with Crippen LogP contribution < -0.4 is 5.73 Å². The van der Waals surface area contributed by atoms with Gasteiger partial charge in [0.05, 0.1) is 10.7 Å². The normalized spacial score (nSPS) is 24.2. The van der Waals surface area contributed by atoms with Crippen LogP contribution in [0.2, 0.25) is 0 Å². The molecule has 2 N–H and O–H groups in total. The molecule has 0 aliphatic carbocycles. The summed E-state index contributed by atoms with van der Waals surface area (Å²) in [5.41, 5.74) is 7.10. The molecule has 1 aromatic rings. The van der Waals surface area contributed by atoms with Gasteiger partial charge >= 0.3 is 0 Å². The van der Waals surface area contributed by atoms with Gasteiger partial charge < -0.3 is 5.73 Å². The molecule has 0 aromatic carbocycles. The molecule has 2 rings (SSSR count). The van der Waals surface area contributed by atoms with Crippen LogP contribution in [-0.4, -0.2) is 29.5 Å². The number of likely N-dealkylation sites (tertiary alicyclic amines) is 1. The van der Waals surface area contributed by atoms with E-state index in [1.165, 1.54) is 30.1 Å². The van der Waals surface area contributed by atoms with Gasteiger partial charge in [-0.1, -0.05) is 13.8 Å². The van der Waals surface area contributed by atoms with E-state index in [1.807, 2.05) is 11.3 Å². The molecule has 1 aliphatic rings. The van der Waals surface area contributed by atoms with Gasteiger partial charge in [-0.3, -0.25) is 4.90 Å². The topological polar surface area (TPSA) is 42.2 Å². The SMILES string of the molecule is CCCc1nc(CN2CCC(C)C(CN)C2)cs1.Cl. The van der Waals surface area contributed by atoms with Crippen LogP contribution in [0.25, 0.3) is 0 Å². The van der Waals surface area contributed by atoms with Gasteiger partial charge in [0.15, 0.2) is 0 Å². The Balaban J connectivity index is 0.00000180. The fourth-order valence-electron chi connectivity index (χ4n) is 2.65. The van der Waals surface area contributed by atoms with Gasteiger partial charge in [0.1, 0.15) is 0 Å². The number of rotatable bonds is 5. The lowest BCUT2D eigenvalue weighted by Crippen LogP contribution is -2.42. The molecule has 110 valence electrons. The zero-order valence-corrected chi connectivity index (χ0v) is 13.6. The minimum atomic E-state index is 0. The van der Waals surface area contributed by atoms with E-state index in [1.54, 1.807) is 0 Å². The van der Waals surface area contributed by atoms with Crippen LogP contribution in [0, 0.1) is 11.8 Å². The minimum Gasteiger partial charge on any atom is -0.330 e. The second-order valence-electron chi connectivity index (χ2n) is 5.48. The van der Waals surface area contributed by atoms with Crippen LogP contribution in [0.15, 0.2) is 5.38 Å². The van der Waals surface area contributed by atoms with Crippen molar-refractivity contribution in [2.45, 2.75) is 39.7 Å². The molecule has 1 aromatic heterocycles. The van der Waals surface area contributed by atoms with Crippen molar-refractivity contribution in [3.63, 3.8) is 0 Å². The average molecular weight is 304 g/mol. The van der Waals surface area contributed by atoms with Crippen LogP contribution >= 0.6 is 23.7 Å². The summed E-state index contributed by atoms with van der Waals surface area (Å²) in [7, 11) is 0. The Kier molecular flexibility index (Phi) is 7.29. The lowest BCUT2D eigenvalue weighted by molar-refractivity contribution is 0.125. The third-order valence-corrected chi connectivity index (χ3v) is 4.91. The zero-order chi connectivity index (χ0) is 13.0. The third kappa shape index (κ3) is 4.71. The van der Waals surface area contributed by atoms with Gasteiger partial charge in [-0.05, 0) is 44.2 Å². The molecule has 2 atom stereocenters. The van der Waals surface area contributed by atoms with Crippen molar-refractivity contribution in [3.8, 4) is 0 Å². The first-order valence-electron chi connectivity index (χ1n) is 7.08. The fourth-order valence-corrected chi connectivity index (χ4v) is 3.55. The number of aromatic nitrogens is 1. The molecule has 3 nitrogen and oxygen atoms in total. The van der Waals surface area contributed by atoms with E-state index in [4.69, 9.17) is 10.7 Å². The standard InChI is InChI=1S/C14H25N3S.ClH/c1-3-4-14-16-13(10-18-14)9-17-6-5-11(2)12(7-15)8-17;/h10-12H,3-9,15H2,1-2H3;1H. The molecule has 0 amide bonds. The highest BCUT2D eigenvalue weighted by Gasteiger charge is 2.25. The fraction of sp³-hybridized carbons (Fsp3) is 0.786. The van der Waals surface area contributed by atoms with Crippen LogP contribution in [-0.2, 0) is 13.0 Å². The number of piperidine rings is 1. The van der Waals surface area contributed by atoms with Crippen molar-refractivity contribution >= 4 is 23.7 Å². The van der Waals surface area contributed by atoms with Crippen LogP contribution in [0.4, 0.5) is 0 Å². The minimum absolute atomic E-state index is 0. The predicted molar refractivity (Wildman–Crippen MR) is 85.0 cm³/mol. The first-order valence-corrected chi connectivity index (χ1v) is 7.96. The molecule has 2 unspecified atom stereocenters. The Morgan fingerprint density at radius 2 is 2.32 bits per heavy atom. The summed E-state index contributed by atoms with van der Waals surface area (Å²) in [4.78, 5) is 7.23. The van der Waals surface area contributed by atoms with Gasteiger partial charge in [-0.15, -0.1) is 23.7 Å². The lowest BCUT2D eigenvalue weighted by atomic mass is 9.87. The summed E-state index contributed by atoms with van der Waals surface area (Å²) in [6.45, 7) is 8.69. The maximum Gasteiger partial charge on any atom is 0.0928 e.